The molecule has 10 heteroatoms. The second-order valence-electron chi connectivity index (χ2n) is 7.01. The van der Waals surface area contributed by atoms with Gasteiger partial charge in [-0.05, 0) is 36.1 Å². The van der Waals surface area contributed by atoms with E-state index in [1.165, 1.54) is 11.8 Å². The van der Waals surface area contributed by atoms with Crippen LogP contribution in [0.15, 0.2) is 59.3 Å². The Kier molecular flexibility index (Phi) is 6.52. The number of aromatic nitrogens is 2. The lowest BCUT2D eigenvalue weighted by Crippen LogP contribution is -2.41. The zero-order valence-corrected chi connectivity index (χ0v) is 19.2. The molecule has 3 aromatic rings. The van der Waals surface area contributed by atoms with E-state index in [1.807, 2.05) is 46.5 Å². The van der Waals surface area contributed by atoms with Crippen molar-refractivity contribution in [2.75, 3.05) is 17.3 Å². The van der Waals surface area contributed by atoms with Crippen LogP contribution in [-0.2, 0) is 21.2 Å². The standard InChI is InChI=1S/C20H20ClN3O3S3/c21-15-3-1-4-16(11-15)23-8-7-22-20(23)29-13-19(25)24(12-18-5-2-9-28-18)17-6-10-30(26,27)14-17/h1-5,7-9,11,17H,6,10,12-14H2. The van der Waals surface area contributed by atoms with Crippen molar-refractivity contribution in [1.82, 2.24) is 14.5 Å². The van der Waals surface area contributed by atoms with Gasteiger partial charge in [-0.25, -0.2) is 13.4 Å². The minimum Gasteiger partial charge on any atom is -0.333 e. The van der Waals surface area contributed by atoms with Gasteiger partial charge in [0.05, 0.1) is 23.8 Å². The first-order valence-corrected chi connectivity index (χ1v) is 13.4. The molecule has 1 unspecified atom stereocenters. The van der Waals surface area contributed by atoms with Crippen molar-refractivity contribution in [2.24, 2.45) is 0 Å². The summed E-state index contributed by atoms with van der Waals surface area (Å²) in [6.45, 7) is 0.431. The summed E-state index contributed by atoms with van der Waals surface area (Å²) in [5.41, 5.74) is 0.868. The Balaban J connectivity index is 1.49. The van der Waals surface area contributed by atoms with Crippen LogP contribution in [0.3, 0.4) is 0 Å². The number of hydrogen-bond donors (Lipinski definition) is 0. The third kappa shape index (κ3) is 5.08. The van der Waals surface area contributed by atoms with Gasteiger partial charge in [-0.15, -0.1) is 11.3 Å². The van der Waals surface area contributed by atoms with Gasteiger partial charge in [0, 0.05) is 34.0 Å². The second-order valence-corrected chi connectivity index (χ2v) is 11.6. The monoisotopic (exact) mass is 481 g/mol. The molecule has 6 nitrogen and oxygen atoms in total. The van der Waals surface area contributed by atoms with Crippen LogP contribution in [0.25, 0.3) is 5.69 Å². The summed E-state index contributed by atoms with van der Waals surface area (Å²) >= 11 is 9.00. The van der Waals surface area contributed by atoms with Crippen LogP contribution in [0.2, 0.25) is 5.02 Å². The average molecular weight is 482 g/mol. The van der Waals surface area contributed by atoms with Gasteiger partial charge < -0.3 is 4.90 Å². The van der Waals surface area contributed by atoms with Crippen LogP contribution in [0.1, 0.15) is 11.3 Å². The van der Waals surface area contributed by atoms with E-state index in [4.69, 9.17) is 11.6 Å². The normalized spacial score (nSPS) is 17.8. The van der Waals surface area contributed by atoms with Crippen LogP contribution < -0.4 is 0 Å². The molecular formula is C20H20ClN3O3S3. The number of thioether (sulfide) groups is 1. The number of hydrogen-bond acceptors (Lipinski definition) is 6. The molecule has 0 spiro atoms. The number of benzene rings is 1. The quantitative estimate of drug-likeness (QED) is 0.478. The minimum absolute atomic E-state index is 0.0337. The smallest absolute Gasteiger partial charge is 0.233 e. The van der Waals surface area contributed by atoms with Crippen molar-refractivity contribution in [1.29, 1.82) is 0 Å². The molecule has 0 radical (unpaired) electrons. The maximum atomic E-state index is 13.1. The van der Waals surface area contributed by atoms with Crippen LogP contribution >= 0.6 is 34.7 Å². The Morgan fingerprint density at radius 1 is 1.33 bits per heavy atom. The number of amides is 1. The number of rotatable bonds is 7. The zero-order chi connectivity index (χ0) is 21.1. The summed E-state index contributed by atoms with van der Waals surface area (Å²) in [6.07, 6.45) is 3.99. The molecule has 1 atom stereocenters. The van der Waals surface area contributed by atoms with E-state index >= 15 is 0 Å². The van der Waals surface area contributed by atoms with Gasteiger partial charge >= 0.3 is 0 Å². The molecule has 1 saturated heterocycles. The third-order valence-electron chi connectivity index (χ3n) is 4.89. The summed E-state index contributed by atoms with van der Waals surface area (Å²) in [6, 6.07) is 11.0. The Labute approximate surface area is 188 Å². The number of sulfone groups is 1. The molecule has 1 aliphatic heterocycles. The molecule has 3 heterocycles. The molecule has 30 heavy (non-hydrogen) atoms. The molecule has 2 aromatic heterocycles. The van der Waals surface area contributed by atoms with E-state index in [-0.39, 0.29) is 29.2 Å². The fourth-order valence-electron chi connectivity index (χ4n) is 3.44. The zero-order valence-electron chi connectivity index (χ0n) is 16.0. The molecule has 1 aliphatic rings. The van der Waals surface area contributed by atoms with Gasteiger partial charge in [-0.1, -0.05) is 35.5 Å². The molecule has 0 saturated carbocycles. The molecule has 1 amide bonds. The van der Waals surface area contributed by atoms with Crippen molar-refractivity contribution in [3.05, 3.63) is 64.1 Å². The Morgan fingerprint density at radius 2 is 2.20 bits per heavy atom. The number of imidazole rings is 1. The first-order valence-electron chi connectivity index (χ1n) is 9.36. The predicted octanol–water partition coefficient (Wildman–Crippen LogP) is 3.90. The van der Waals surface area contributed by atoms with Crippen LogP contribution in [-0.4, -0.2) is 52.1 Å². The highest BCUT2D eigenvalue weighted by Crippen LogP contribution is 2.26. The summed E-state index contributed by atoms with van der Waals surface area (Å²) in [5, 5.41) is 3.26. The average Bonchev–Trinajstić information content (AvgIpc) is 3.45. The largest absolute Gasteiger partial charge is 0.333 e. The molecule has 0 N–H and O–H groups in total. The van der Waals surface area contributed by atoms with E-state index in [9.17, 15) is 13.2 Å². The summed E-state index contributed by atoms with van der Waals surface area (Å²) in [7, 11) is -3.08. The lowest BCUT2D eigenvalue weighted by atomic mass is 10.2. The molecule has 158 valence electrons. The van der Waals surface area contributed by atoms with Gasteiger partial charge in [0.25, 0.3) is 0 Å². The lowest BCUT2D eigenvalue weighted by molar-refractivity contribution is -0.130. The molecule has 0 aliphatic carbocycles. The SMILES string of the molecule is O=C(CSc1nccn1-c1cccc(Cl)c1)N(Cc1cccs1)C1CCS(=O)(=O)C1. The maximum Gasteiger partial charge on any atom is 0.233 e. The van der Waals surface area contributed by atoms with Gasteiger partial charge in [-0.3, -0.25) is 9.36 Å². The van der Waals surface area contributed by atoms with E-state index in [2.05, 4.69) is 4.98 Å². The Hall–Kier alpha value is -1.81. The molecule has 1 aromatic carbocycles. The summed E-state index contributed by atoms with van der Waals surface area (Å²) < 4.78 is 25.8. The Bertz CT molecular complexity index is 1130. The third-order valence-corrected chi connectivity index (χ3v) is 8.69. The van der Waals surface area contributed by atoms with E-state index < -0.39 is 9.84 Å². The van der Waals surface area contributed by atoms with Crippen LogP contribution in [0.5, 0.6) is 0 Å². The highest BCUT2D eigenvalue weighted by Gasteiger charge is 2.34. The number of carbonyl (C=O) groups excluding carboxylic acids is 1. The number of nitrogens with zero attached hydrogens (tertiary/aromatic N) is 3. The topological polar surface area (TPSA) is 72.3 Å². The minimum atomic E-state index is -3.08. The predicted molar refractivity (Wildman–Crippen MR) is 121 cm³/mol. The lowest BCUT2D eigenvalue weighted by Gasteiger charge is -2.27. The molecule has 4 rings (SSSR count). The van der Waals surface area contributed by atoms with Gasteiger partial charge in [0.15, 0.2) is 15.0 Å². The molecule has 1 fully saturated rings. The van der Waals surface area contributed by atoms with Crippen molar-refractivity contribution in [2.45, 2.75) is 24.2 Å². The number of halogens is 1. The second kappa shape index (κ2) is 9.13. The van der Waals surface area contributed by atoms with Crippen molar-refractivity contribution >= 4 is 50.4 Å². The molecular weight excluding hydrogens is 462 g/mol. The van der Waals surface area contributed by atoms with Gasteiger partial charge in [0.1, 0.15) is 0 Å². The van der Waals surface area contributed by atoms with E-state index in [1.54, 1.807) is 28.5 Å². The number of carbonyl (C=O) groups is 1. The van der Waals surface area contributed by atoms with Crippen LogP contribution in [0.4, 0.5) is 0 Å². The molecule has 0 bridgehead atoms. The van der Waals surface area contributed by atoms with E-state index in [0.29, 0.717) is 23.1 Å². The van der Waals surface area contributed by atoms with Gasteiger partial charge in [-0.2, -0.15) is 0 Å². The first-order chi connectivity index (χ1) is 14.4. The summed E-state index contributed by atoms with van der Waals surface area (Å²) in [5.74, 6) is 0.264. The van der Waals surface area contributed by atoms with Crippen molar-refractivity contribution in [3.63, 3.8) is 0 Å². The number of thiophene rings is 1. The fraction of sp³-hybridized carbons (Fsp3) is 0.300. The van der Waals surface area contributed by atoms with Crippen molar-refractivity contribution in [3.8, 4) is 5.69 Å². The summed E-state index contributed by atoms with van der Waals surface area (Å²) in [4.78, 5) is 20.2. The first kappa shape index (κ1) is 21.4. The Morgan fingerprint density at radius 3 is 2.90 bits per heavy atom. The van der Waals surface area contributed by atoms with Gasteiger partial charge in [0.2, 0.25) is 5.91 Å². The fourth-order valence-corrected chi connectivity index (χ4v) is 6.92. The van der Waals surface area contributed by atoms with Crippen LogP contribution in [0, 0.1) is 0 Å². The van der Waals surface area contributed by atoms with Crippen molar-refractivity contribution < 1.29 is 13.2 Å². The maximum absolute atomic E-state index is 13.1. The van der Waals surface area contributed by atoms with E-state index in [0.717, 1.165) is 10.6 Å². The highest BCUT2D eigenvalue weighted by molar-refractivity contribution is 7.99. The highest BCUT2D eigenvalue weighted by atomic mass is 35.5.